The number of ether oxygens (including phenoxy) is 1. The van der Waals surface area contributed by atoms with Gasteiger partial charge in [0.2, 0.25) is 5.91 Å². The molecular formula is C19H21NO2. The molecule has 0 heterocycles. The average Bonchev–Trinajstić information content (AvgIpc) is 3.31. The molecule has 2 unspecified atom stereocenters. The number of carbonyl (C=O) groups is 1. The van der Waals surface area contributed by atoms with Gasteiger partial charge in [0.25, 0.3) is 0 Å². The third-order valence-corrected chi connectivity index (χ3v) is 4.31. The predicted molar refractivity (Wildman–Crippen MR) is 88.4 cm³/mol. The van der Waals surface area contributed by atoms with Crippen molar-refractivity contribution in [2.75, 3.05) is 12.4 Å². The van der Waals surface area contributed by atoms with E-state index in [4.69, 9.17) is 4.74 Å². The number of aryl methyl sites for hydroxylation is 2. The summed E-state index contributed by atoms with van der Waals surface area (Å²) in [5, 5.41) is 3.06. The van der Waals surface area contributed by atoms with Crippen molar-refractivity contribution >= 4 is 11.6 Å². The SMILES string of the molecule is COc1ccc(C2CC2C(=O)Nc2ccc(C)cc2C)cc1. The molecule has 2 aromatic rings. The summed E-state index contributed by atoms with van der Waals surface area (Å²) in [5.74, 6) is 1.37. The molecule has 1 aliphatic rings. The first-order chi connectivity index (χ1) is 10.6. The zero-order valence-electron chi connectivity index (χ0n) is 13.2. The number of methoxy groups -OCH3 is 1. The molecule has 0 aromatic heterocycles. The number of benzene rings is 2. The summed E-state index contributed by atoms with van der Waals surface area (Å²) >= 11 is 0. The predicted octanol–water partition coefficient (Wildman–Crippen LogP) is 4.05. The van der Waals surface area contributed by atoms with E-state index in [1.807, 2.05) is 43.3 Å². The van der Waals surface area contributed by atoms with Crippen LogP contribution in [0.2, 0.25) is 0 Å². The maximum Gasteiger partial charge on any atom is 0.228 e. The van der Waals surface area contributed by atoms with Gasteiger partial charge in [-0.25, -0.2) is 0 Å². The standard InChI is InChI=1S/C19H21NO2/c1-12-4-9-18(13(2)10-12)20-19(21)17-11-16(17)14-5-7-15(22-3)8-6-14/h4-10,16-17H,11H2,1-3H3,(H,20,21). The Morgan fingerprint density at radius 2 is 1.86 bits per heavy atom. The number of carbonyl (C=O) groups excluding carboxylic acids is 1. The third kappa shape index (κ3) is 2.98. The van der Waals surface area contributed by atoms with Gasteiger partial charge in [0.05, 0.1) is 7.11 Å². The van der Waals surface area contributed by atoms with Crippen molar-refractivity contribution in [2.45, 2.75) is 26.2 Å². The Morgan fingerprint density at radius 3 is 2.50 bits per heavy atom. The minimum absolute atomic E-state index is 0.0779. The van der Waals surface area contributed by atoms with E-state index in [1.165, 1.54) is 11.1 Å². The Balaban J connectivity index is 1.64. The molecule has 2 aromatic carbocycles. The van der Waals surface area contributed by atoms with Crippen molar-refractivity contribution in [3.63, 3.8) is 0 Å². The van der Waals surface area contributed by atoms with Gasteiger partial charge >= 0.3 is 0 Å². The molecule has 0 aliphatic heterocycles. The van der Waals surface area contributed by atoms with Crippen molar-refractivity contribution in [3.05, 3.63) is 59.2 Å². The van der Waals surface area contributed by atoms with E-state index >= 15 is 0 Å². The van der Waals surface area contributed by atoms with E-state index < -0.39 is 0 Å². The summed E-state index contributed by atoms with van der Waals surface area (Å²) in [7, 11) is 1.66. The number of hydrogen-bond acceptors (Lipinski definition) is 2. The van der Waals surface area contributed by atoms with Gasteiger partial charge in [0.1, 0.15) is 5.75 Å². The summed E-state index contributed by atoms with van der Waals surface area (Å²) in [6, 6.07) is 14.1. The molecule has 3 rings (SSSR count). The van der Waals surface area contributed by atoms with Crippen LogP contribution in [-0.2, 0) is 4.79 Å². The van der Waals surface area contributed by atoms with Crippen LogP contribution in [0.5, 0.6) is 5.75 Å². The van der Waals surface area contributed by atoms with Crippen molar-refractivity contribution in [2.24, 2.45) is 5.92 Å². The minimum Gasteiger partial charge on any atom is -0.497 e. The van der Waals surface area contributed by atoms with Crippen molar-refractivity contribution in [1.29, 1.82) is 0 Å². The quantitative estimate of drug-likeness (QED) is 0.924. The molecule has 0 bridgehead atoms. The van der Waals surface area contributed by atoms with E-state index in [9.17, 15) is 4.79 Å². The molecular weight excluding hydrogens is 274 g/mol. The molecule has 1 N–H and O–H groups in total. The maximum atomic E-state index is 12.4. The van der Waals surface area contributed by atoms with Gasteiger partial charge in [-0.1, -0.05) is 29.8 Å². The molecule has 114 valence electrons. The topological polar surface area (TPSA) is 38.3 Å². The molecule has 2 atom stereocenters. The molecule has 0 saturated heterocycles. The Labute approximate surface area is 131 Å². The van der Waals surface area contributed by atoms with Gasteiger partial charge in [0, 0.05) is 11.6 Å². The molecule has 22 heavy (non-hydrogen) atoms. The maximum absolute atomic E-state index is 12.4. The van der Waals surface area contributed by atoms with Gasteiger partial charge in [-0.3, -0.25) is 4.79 Å². The van der Waals surface area contributed by atoms with Crippen molar-refractivity contribution in [1.82, 2.24) is 0 Å². The van der Waals surface area contributed by atoms with Crippen molar-refractivity contribution in [3.8, 4) is 5.75 Å². The number of nitrogens with one attached hydrogen (secondary N) is 1. The molecule has 1 saturated carbocycles. The lowest BCUT2D eigenvalue weighted by atomic mass is 10.1. The van der Waals surface area contributed by atoms with Crippen LogP contribution in [0.4, 0.5) is 5.69 Å². The van der Waals surface area contributed by atoms with Crippen LogP contribution in [0.3, 0.4) is 0 Å². The minimum atomic E-state index is 0.0779. The highest BCUT2D eigenvalue weighted by atomic mass is 16.5. The first-order valence-electron chi connectivity index (χ1n) is 7.60. The van der Waals surface area contributed by atoms with E-state index in [-0.39, 0.29) is 11.8 Å². The molecule has 3 nitrogen and oxygen atoms in total. The fraction of sp³-hybridized carbons (Fsp3) is 0.316. The lowest BCUT2D eigenvalue weighted by Crippen LogP contribution is -2.15. The second-order valence-electron chi connectivity index (χ2n) is 6.03. The van der Waals surface area contributed by atoms with Crippen LogP contribution in [-0.4, -0.2) is 13.0 Å². The van der Waals surface area contributed by atoms with Crippen LogP contribution >= 0.6 is 0 Å². The lowest BCUT2D eigenvalue weighted by molar-refractivity contribution is -0.117. The number of anilines is 1. The van der Waals surface area contributed by atoms with Gasteiger partial charge in [0.15, 0.2) is 0 Å². The number of rotatable bonds is 4. The monoisotopic (exact) mass is 295 g/mol. The summed E-state index contributed by atoms with van der Waals surface area (Å²) in [5.41, 5.74) is 4.44. The van der Waals surface area contributed by atoms with Crippen LogP contribution in [0, 0.1) is 19.8 Å². The van der Waals surface area contributed by atoms with E-state index in [1.54, 1.807) is 7.11 Å². The Bertz CT molecular complexity index is 691. The Kier molecular flexibility index (Phi) is 3.88. The zero-order chi connectivity index (χ0) is 15.7. The Morgan fingerprint density at radius 1 is 1.14 bits per heavy atom. The van der Waals surface area contributed by atoms with Crippen LogP contribution < -0.4 is 10.1 Å². The summed E-state index contributed by atoms with van der Waals surface area (Å²) in [4.78, 5) is 12.4. The van der Waals surface area contributed by atoms with Crippen LogP contribution in [0.15, 0.2) is 42.5 Å². The normalized spacial score (nSPS) is 19.6. The second kappa shape index (κ2) is 5.84. The fourth-order valence-electron chi connectivity index (χ4n) is 2.88. The first-order valence-corrected chi connectivity index (χ1v) is 7.60. The van der Waals surface area contributed by atoms with Gasteiger partial charge < -0.3 is 10.1 Å². The average molecular weight is 295 g/mol. The van der Waals surface area contributed by atoms with E-state index in [2.05, 4.69) is 18.3 Å². The highest BCUT2D eigenvalue weighted by molar-refractivity contribution is 5.95. The molecule has 0 spiro atoms. The third-order valence-electron chi connectivity index (χ3n) is 4.31. The van der Waals surface area contributed by atoms with Crippen LogP contribution in [0.1, 0.15) is 29.0 Å². The molecule has 1 fully saturated rings. The summed E-state index contributed by atoms with van der Waals surface area (Å²) in [6.07, 6.45) is 0.920. The van der Waals surface area contributed by atoms with Crippen LogP contribution in [0.25, 0.3) is 0 Å². The van der Waals surface area contributed by atoms with Gasteiger partial charge in [-0.05, 0) is 55.5 Å². The first kappa shape index (κ1) is 14.6. The molecule has 1 amide bonds. The Hall–Kier alpha value is -2.29. The largest absolute Gasteiger partial charge is 0.497 e. The van der Waals surface area contributed by atoms with Gasteiger partial charge in [-0.15, -0.1) is 0 Å². The lowest BCUT2D eigenvalue weighted by Gasteiger charge is -2.09. The zero-order valence-corrected chi connectivity index (χ0v) is 13.2. The molecule has 0 radical (unpaired) electrons. The smallest absolute Gasteiger partial charge is 0.228 e. The number of amides is 1. The molecule has 1 aliphatic carbocycles. The van der Waals surface area contributed by atoms with Gasteiger partial charge in [-0.2, -0.15) is 0 Å². The summed E-state index contributed by atoms with van der Waals surface area (Å²) < 4.78 is 5.17. The van der Waals surface area contributed by atoms with E-state index in [0.29, 0.717) is 5.92 Å². The van der Waals surface area contributed by atoms with Crippen molar-refractivity contribution < 1.29 is 9.53 Å². The number of hydrogen-bond donors (Lipinski definition) is 1. The summed E-state index contributed by atoms with van der Waals surface area (Å²) in [6.45, 7) is 4.08. The highest BCUT2D eigenvalue weighted by Crippen LogP contribution is 2.48. The highest BCUT2D eigenvalue weighted by Gasteiger charge is 2.43. The van der Waals surface area contributed by atoms with E-state index in [0.717, 1.165) is 23.4 Å². The molecule has 3 heteroatoms. The fourth-order valence-corrected chi connectivity index (χ4v) is 2.88. The second-order valence-corrected chi connectivity index (χ2v) is 6.03.